The summed E-state index contributed by atoms with van der Waals surface area (Å²) in [4.78, 5) is 0. The fourth-order valence-electron chi connectivity index (χ4n) is 2.71. The first-order valence-corrected chi connectivity index (χ1v) is 6.69. The van der Waals surface area contributed by atoms with Gasteiger partial charge in [0.25, 0.3) is 0 Å². The first kappa shape index (κ1) is 10.3. The fraction of sp³-hybridized carbons (Fsp3) is 0.769. The lowest BCUT2D eigenvalue weighted by Gasteiger charge is -2.26. The van der Waals surface area contributed by atoms with Crippen LogP contribution in [0.4, 0.5) is 0 Å². The summed E-state index contributed by atoms with van der Waals surface area (Å²) in [6.45, 7) is 0.949. The van der Waals surface area contributed by atoms with Crippen molar-refractivity contribution in [3.05, 3.63) is 18.0 Å². The Kier molecular flexibility index (Phi) is 2.96. The van der Waals surface area contributed by atoms with Crippen molar-refractivity contribution in [2.24, 2.45) is 0 Å². The molecule has 1 aromatic rings. The minimum absolute atomic E-state index is 0.678. The summed E-state index contributed by atoms with van der Waals surface area (Å²) in [6.07, 6.45) is 11.6. The number of hydrogen-bond donors (Lipinski definition) is 1. The lowest BCUT2D eigenvalue weighted by molar-refractivity contribution is 0.335. The first-order valence-electron chi connectivity index (χ1n) is 6.69. The molecule has 3 rings (SSSR count). The van der Waals surface area contributed by atoms with Gasteiger partial charge in [0.2, 0.25) is 0 Å². The monoisotopic (exact) mass is 219 g/mol. The molecular weight excluding hydrogens is 198 g/mol. The molecule has 0 radical (unpaired) electrons. The molecule has 0 amide bonds. The standard InChI is InChI=1S/C13H21N3/c1-2-7-13(6-1)16-9-8-12(15-16)10-14-11-4-3-5-11/h8-9,11,13-14H,1-7,10H2. The molecule has 2 fully saturated rings. The van der Waals surface area contributed by atoms with E-state index in [1.54, 1.807) is 0 Å². The quantitative estimate of drug-likeness (QED) is 0.843. The molecule has 2 aliphatic carbocycles. The fourth-order valence-corrected chi connectivity index (χ4v) is 2.71. The van der Waals surface area contributed by atoms with E-state index in [-0.39, 0.29) is 0 Å². The van der Waals surface area contributed by atoms with Crippen molar-refractivity contribution >= 4 is 0 Å². The van der Waals surface area contributed by atoms with Gasteiger partial charge in [-0.25, -0.2) is 0 Å². The van der Waals surface area contributed by atoms with Crippen LogP contribution in [0, 0.1) is 0 Å². The number of nitrogens with zero attached hydrogens (tertiary/aromatic N) is 2. The van der Waals surface area contributed by atoms with Gasteiger partial charge in [0.15, 0.2) is 0 Å². The van der Waals surface area contributed by atoms with Crippen LogP contribution in [0.2, 0.25) is 0 Å². The van der Waals surface area contributed by atoms with E-state index in [4.69, 9.17) is 0 Å². The highest BCUT2D eigenvalue weighted by Gasteiger charge is 2.19. The van der Waals surface area contributed by atoms with Crippen LogP contribution in [0.1, 0.15) is 56.7 Å². The van der Waals surface area contributed by atoms with Crippen molar-refractivity contribution in [1.82, 2.24) is 15.1 Å². The normalized spacial score (nSPS) is 22.5. The lowest BCUT2D eigenvalue weighted by Crippen LogP contribution is -2.34. The Morgan fingerprint density at radius 2 is 2.00 bits per heavy atom. The molecule has 1 heterocycles. The predicted octanol–water partition coefficient (Wildman–Crippen LogP) is 2.64. The molecule has 0 aromatic carbocycles. The summed E-state index contributed by atoms with van der Waals surface area (Å²) in [7, 11) is 0. The maximum absolute atomic E-state index is 4.68. The Bertz CT molecular complexity index is 335. The maximum atomic E-state index is 4.68. The van der Waals surface area contributed by atoms with Gasteiger partial charge in [-0.2, -0.15) is 5.10 Å². The van der Waals surface area contributed by atoms with Gasteiger partial charge in [-0.15, -0.1) is 0 Å². The SMILES string of the molecule is c1cn(C2CCCC2)nc1CNC1CCC1. The van der Waals surface area contributed by atoms with E-state index in [9.17, 15) is 0 Å². The van der Waals surface area contributed by atoms with E-state index < -0.39 is 0 Å². The number of aromatic nitrogens is 2. The molecule has 0 bridgehead atoms. The Labute approximate surface area is 97.2 Å². The van der Waals surface area contributed by atoms with E-state index >= 15 is 0 Å². The summed E-state index contributed by atoms with van der Waals surface area (Å²) < 4.78 is 2.19. The zero-order valence-corrected chi connectivity index (χ0v) is 9.86. The van der Waals surface area contributed by atoms with E-state index in [1.165, 1.54) is 50.6 Å². The molecule has 0 aliphatic heterocycles. The Balaban J connectivity index is 1.54. The summed E-state index contributed by atoms with van der Waals surface area (Å²) in [5.74, 6) is 0. The van der Waals surface area contributed by atoms with Crippen LogP contribution in [0.25, 0.3) is 0 Å². The summed E-state index contributed by atoms with van der Waals surface area (Å²) >= 11 is 0. The molecular formula is C13H21N3. The molecule has 0 spiro atoms. The highest BCUT2D eigenvalue weighted by molar-refractivity contribution is 5.00. The third kappa shape index (κ3) is 2.14. The van der Waals surface area contributed by atoms with Gasteiger partial charge in [-0.1, -0.05) is 19.3 Å². The van der Waals surface area contributed by atoms with Crippen LogP contribution in [0.3, 0.4) is 0 Å². The van der Waals surface area contributed by atoms with Crippen molar-refractivity contribution < 1.29 is 0 Å². The topological polar surface area (TPSA) is 29.9 Å². The molecule has 0 saturated heterocycles. The van der Waals surface area contributed by atoms with E-state index in [0.29, 0.717) is 6.04 Å². The summed E-state index contributed by atoms with van der Waals surface area (Å²) in [5.41, 5.74) is 1.21. The van der Waals surface area contributed by atoms with Crippen molar-refractivity contribution in [2.75, 3.05) is 0 Å². The zero-order valence-electron chi connectivity index (χ0n) is 9.86. The van der Waals surface area contributed by atoms with Crippen molar-refractivity contribution in [1.29, 1.82) is 0 Å². The average molecular weight is 219 g/mol. The molecule has 3 nitrogen and oxygen atoms in total. The van der Waals surface area contributed by atoms with Gasteiger partial charge in [-0.05, 0) is 31.7 Å². The highest BCUT2D eigenvalue weighted by Crippen LogP contribution is 2.28. The number of rotatable bonds is 4. The van der Waals surface area contributed by atoms with Gasteiger partial charge >= 0.3 is 0 Å². The van der Waals surface area contributed by atoms with Crippen molar-refractivity contribution in [3.8, 4) is 0 Å². The molecule has 0 unspecified atom stereocenters. The Morgan fingerprint density at radius 1 is 1.19 bits per heavy atom. The van der Waals surface area contributed by atoms with Crippen LogP contribution in [0.5, 0.6) is 0 Å². The smallest absolute Gasteiger partial charge is 0.0762 e. The zero-order chi connectivity index (χ0) is 10.8. The molecule has 3 heteroatoms. The second kappa shape index (κ2) is 4.58. The second-order valence-corrected chi connectivity index (χ2v) is 5.23. The van der Waals surface area contributed by atoms with Gasteiger partial charge in [-0.3, -0.25) is 4.68 Å². The minimum atomic E-state index is 0.678. The van der Waals surface area contributed by atoms with Crippen LogP contribution >= 0.6 is 0 Å². The minimum Gasteiger partial charge on any atom is -0.308 e. The predicted molar refractivity (Wildman–Crippen MR) is 64.2 cm³/mol. The van der Waals surface area contributed by atoms with Gasteiger partial charge in [0.1, 0.15) is 0 Å². The number of nitrogens with one attached hydrogen (secondary N) is 1. The molecule has 16 heavy (non-hydrogen) atoms. The van der Waals surface area contributed by atoms with Crippen molar-refractivity contribution in [2.45, 2.75) is 63.6 Å². The Hall–Kier alpha value is -0.830. The van der Waals surface area contributed by atoms with E-state index in [0.717, 1.165) is 12.6 Å². The number of hydrogen-bond acceptors (Lipinski definition) is 2. The van der Waals surface area contributed by atoms with Crippen LogP contribution < -0.4 is 5.32 Å². The average Bonchev–Trinajstić information content (AvgIpc) is 2.84. The largest absolute Gasteiger partial charge is 0.308 e. The van der Waals surface area contributed by atoms with E-state index in [2.05, 4.69) is 27.4 Å². The van der Waals surface area contributed by atoms with Gasteiger partial charge < -0.3 is 5.32 Å². The third-order valence-electron chi connectivity index (χ3n) is 4.04. The Morgan fingerprint density at radius 3 is 2.69 bits per heavy atom. The summed E-state index contributed by atoms with van der Waals surface area (Å²) in [5, 5.41) is 8.24. The molecule has 0 atom stereocenters. The lowest BCUT2D eigenvalue weighted by atomic mass is 9.93. The molecule has 1 N–H and O–H groups in total. The van der Waals surface area contributed by atoms with Gasteiger partial charge in [0, 0.05) is 18.8 Å². The van der Waals surface area contributed by atoms with Crippen LogP contribution in [0.15, 0.2) is 12.3 Å². The first-order chi connectivity index (χ1) is 7.92. The molecule has 1 aromatic heterocycles. The van der Waals surface area contributed by atoms with E-state index in [1.807, 2.05) is 0 Å². The second-order valence-electron chi connectivity index (χ2n) is 5.23. The molecule has 2 saturated carbocycles. The highest BCUT2D eigenvalue weighted by atomic mass is 15.3. The molecule has 88 valence electrons. The van der Waals surface area contributed by atoms with Crippen molar-refractivity contribution in [3.63, 3.8) is 0 Å². The molecule has 2 aliphatic rings. The van der Waals surface area contributed by atoms with Crippen LogP contribution in [-0.2, 0) is 6.54 Å². The summed E-state index contributed by atoms with van der Waals surface area (Å²) in [6, 6.07) is 3.61. The third-order valence-corrected chi connectivity index (χ3v) is 4.04. The van der Waals surface area contributed by atoms with Gasteiger partial charge in [0.05, 0.1) is 11.7 Å². The van der Waals surface area contributed by atoms with Crippen LogP contribution in [-0.4, -0.2) is 15.8 Å². The maximum Gasteiger partial charge on any atom is 0.0762 e.